The van der Waals surface area contributed by atoms with Gasteiger partial charge in [0.05, 0.1) is 19.2 Å². The zero-order valence-electron chi connectivity index (χ0n) is 17.2. The molecule has 6 nitrogen and oxygen atoms in total. The van der Waals surface area contributed by atoms with Crippen molar-refractivity contribution in [1.82, 2.24) is 20.4 Å². The van der Waals surface area contributed by atoms with Crippen LogP contribution in [0.2, 0.25) is 0 Å². The molecule has 3 aromatic rings. The summed E-state index contributed by atoms with van der Waals surface area (Å²) in [6, 6.07) is 17.9. The summed E-state index contributed by atoms with van der Waals surface area (Å²) in [7, 11) is 1.63. The Morgan fingerprint density at radius 3 is 2.69 bits per heavy atom. The molecule has 0 aliphatic carbocycles. The largest absolute Gasteiger partial charge is 0.497 e. The highest BCUT2D eigenvalue weighted by Crippen LogP contribution is 2.26. The van der Waals surface area contributed by atoms with Crippen LogP contribution in [0.5, 0.6) is 5.75 Å². The molecule has 6 heteroatoms. The van der Waals surface area contributed by atoms with E-state index < -0.39 is 0 Å². The highest BCUT2D eigenvalue weighted by Gasteiger charge is 2.19. The first kappa shape index (κ1) is 20.6. The van der Waals surface area contributed by atoms with Gasteiger partial charge in [-0.15, -0.1) is 0 Å². The maximum Gasteiger partial charge on any atom is 0.255 e. The second-order valence-electron chi connectivity index (χ2n) is 6.98. The number of hydrogen-bond donors (Lipinski definition) is 2. The molecular weight excluding hydrogens is 364 g/mol. The monoisotopic (exact) mass is 392 g/mol. The van der Waals surface area contributed by atoms with Crippen molar-refractivity contribution in [2.45, 2.75) is 26.4 Å². The SMILES string of the molecule is CCN[C@H](C)CNC(=O)c1cn(Cc2ccccc2)nc1-c1cccc(OC)c1. The Kier molecular flexibility index (Phi) is 7.03. The van der Waals surface area contributed by atoms with Gasteiger partial charge in [-0.3, -0.25) is 9.48 Å². The maximum atomic E-state index is 12.9. The summed E-state index contributed by atoms with van der Waals surface area (Å²) in [5.41, 5.74) is 3.17. The fraction of sp³-hybridized carbons (Fsp3) is 0.304. The zero-order chi connectivity index (χ0) is 20.6. The smallest absolute Gasteiger partial charge is 0.255 e. The van der Waals surface area contributed by atoms with Gasteiger partial charge in [0.2, 0.25) is 0 Å². The van der Waals surface area contributed by atoms with E-state index in [1.165, 1.54) is 0 Å². The van der Waals surface area contributed by atoms with Gasteiger partial charge in [0, 0.05) is 24.3 Å². The molecule has 0 spiro atoms. The Balaban J connectivity index is 1.90. The molecule has 1 atom stereocenters. The van der Waals surface area contributed by atoms with E-state index in [-0.39, 0.29) is 11.9 Å². The van der Waals surface area contributed by atoms with E-state index in [0.29, 0.717) is 24.3 Å². The number of aromatic nitrogens is 2. The number of carbonyl (C=O) groups excluding carboxylic acids is 1. The van der Waals surface area contributed by atoms with E-state index in [1.54, 1.807) is 7.11 Å². The molecule has 0 aliphatic rings. The molecule has 3 rings (SSSR count). The van der Waals surface area contributed by atoms with Gasteiger partial charge in [-0.25, -0.2) is 0 Å². The van der Waals surface area contributed by atoms with Gasteiger partial charge in [-0.1, -0.05) is 49.4 Å². The second-order valence-corrected chi connectivity index (χ2v) is 6.98. The number of hydrogen-bond acceptors (Lipinski definition) is 4. The van der Waals surface area contributed by atoms with Crippen LogP contribution in [0.1, 0.15) is 29.8 Å². The van der Waals surface area contributed by atoms with Crippen molar-refractivity contribution in [3.63, 3.8) is 0 Å². The quantitative estimate of drug-likeness (QED) is 0.586. The number of nitrogens with one attached hydrogen (secondary N) is 2. The number of amides is 1. The van der Waals surface area contributed by atoms with Crippen molar-refractivity contribution in [2.75, 3.05) is 20.2 Å². The Morgan fingerprint density at radius 1 is 1.17 bits per heavy atom. The van der Waals surface area contributed by atoms with Crippen LogP contribution in [0, 0.1) is 0 Å². The molecule has 0 bridgehead atoms. The minimum atomic E-state index is -0.133. The fourth-order valence-electron chi connectivity index (χ4n) is 3.18. The molecule has 152 valence electrons. The van der Waals surface area contributed by atoms with Crippen molar-refractivity contribution in [3.8, 4) is 17.0 Å². The van der Waals surface area contributed by atoms with Crippen molar-refractivity contribution in [2.24, 2.45) is 0 Å². The first-order chi connectivity index (χ1) is 14.1. The summed E-state index contributed by atoms with van der Waals surface area (Å²) in [6.07, 6.45) is 1.81. The zero-order valence-corrected chi connectivity index (χ0v) is 17.2. The molecule has 1 aromatic heterocycles. The Morgan fingerprint density at radius 2 is 1.97 bits per heavy atom. The molecule has 1 amide bonds. The van der Waals surface area contributed by atoms with Crippen LogP contribution >= 0.6 is 0 Å². The third kappa shape index (κ3) is 5.45. The molecule has 29 heavy (non-hydrogen) atoms. The number of nitrogens with zero attached hydrogens (tertiary/aromatic N) is 2. The van der Waals surface area contributed by atoms with E-state index in [1.807, 2.05) is 79.3 Å². The van der Waals surface area contributed by atoms with E-state index in [2.05, 4.69) is 10.6 Å². The second kappa shape index (κ2) is 9.89. The first-order valence-electron chi connectivity index (χ1n) is 9.88. The lowest BCUT2D eigenvalue weighted by Crippen LogP contribution is -2.38. The highest BCUT2D eigenvalue weighted by atomic mass is 16.5. The minimum Gasteiger partial charge on any atom is -0.497 e. The number of carbonyl (C=O) groups is 1. The minimum absolute atomic E-state index is 0.133. The van der Waals surface area contributed by atoms with Crippen molar-refractivity contribution >= 4 is 5.91 Å². The average Bonchev–Trinajstić information content (AvgIpc) is 3.17. The normalized spacial score (nSPS) is 11.8. The summed E-state index contributed by atoms with van der Waals surface area (Å²) >= 11 is 0. The van der Waals surface area contributed by atoms with Crippen LogP contribution in [-0.2, 0) is 6.54 Å². The average molecular weight is 393 g/mol. The van der Waals surface area contributed by atoms with Crippen LogP contribution in [0.4, 0.5) is 0 Å². The molecule has 2 N–H and O–H groups in total. The van der Waals surface area contributed by atoms with Crippen molar-refractivity contribution in [1.29, 1.82) is 0 Å². The summed E-state index contributed by atoms with van der Waals surface area (Å²) in [5, 5.41) is 11.0. The maximum absolute atomic E-state index is 12.9. The van der Waals surface area contributed by atoms with E-state index >= 15 is 0 Å². The number of methoxy groups -OCH3 is 1. The Bertz CT molecular complexity index is 937. The Labute approximate surface area is 171 Å². The van der Waals surface area contributed by atoms with Crippen molar-refractivity contribution in [3.05, 3.63) is 71.9 Å². The number of likely N-dealkylation sites (N-methyl/N-ethyl adjacent to an activating group) is 1. The van der Waals surface area contributed by atoms with Crippen LogP contribution in [0.3, 0.4) is 0 Å². The number of benzene rings is 2. The predicted octanol–water partition coefficient (Wildman–Crippen LogP) is 3.33. The fourth-order valence-corrected chi connectivity index (χ4v) is 3.18. The first-order valence-corrected chi connectivity index (χ1v) is 9.88. The molecule has 0 aliphatic heterocycles. The predicted molar refractivity (Wildman–Crippen MR) is 115 cm³/mol. The van der Waals surface area contributed by atoms with E-state index in [0.717, 1.165) is 23.4 Å². The third-order valence-corrected chi connectivity index (χ3v) is 4.66. The lowest BCUT2D eigenvalue weighted by Gasteiger charge is -2.13. The lowest BCUT2D eigenvalue weighted by molar-refractivity contribution is 0.0950. The van der Waals surface area contributed by atoms with Crippen LogP contribution in [0.15, 0.2) is 60.8 Å². The number of rotatable bonds is 9. The van der Waals surface area contributed by atoms with Crippen LogP contribution in [-0.4, -0.2) is 41.9 Å². The number of ether oxygens (including phenoxy) is 1. The molecule has 0 saturated carbocycles. The summed E-state index contributed by atoms with van der Waals surface area (Å²) in [4.78, 5) is 12.9. The van der Waals surface area contributed by atoms with E-state index in [9.17, 15) is 4.79 Å². The molecule has 0 fully saturated rings. The van der Waals surface area contributed by atoms with E-state index in [4.69, 9.17) is 9.84 Å². The summed E-state index contributed by atoms with van der Waals surface area (Å²) in [6.45, 7) is 6.10. The van der Waals surface area contributed by atoms with Gasteiger partial charge in [0.25, 0.3) is 5.91 Å². The van der Waals surface area contributed by atoms with Gasteiger partial charge in [0.1, 0.15) is 11.4 Å². The van der Waals surface area contributed by atoms with Gasteiger partial charge >= 0.3 is 0 Å². The van der Waals surface area contributed by atoms with Gasteiger partial charge < -0.3 is 15.4 Å². The van der Waals surface area contributed by atoms with Crippen LogP contribution < -0.4 is 15.4 Å². The Hall–Kier alpha value is -3.12. The topological polar surface area (TPSA) is 68.2 Å². The standard InChI is InChI=1S/C23H28N4O2/c1-4-24-17(2)14-25-23(28)21-16-27(15-18-9-6-5-7-10-18)26-22(21)19-11-8-12-20(13-19)29-3/h5-13,16-17,24H,4,14-15H2,1-3H3,(H,25,28)/t17-/m1/s1. The molecule has 0 radical (unpaired) electrons. The summed E-state index contributed by atoms with van der Waals surface area (Å²) in [5.74, 6) is 0.596. The van der Waals surface area contributed by atoms with Crippen LogP contribution in [0.25, 0.3) is 11.3 Å². The molecular formula is C23H28N4O2. The molecule has 1 heterocycles. The van der Waals surface area contributed by atoms with Crippen molar-refractivity contribution < 1.29 is 9.53 Å². The van der Waals surface area contributed by atoms with Gasteiger partial charge in [0.15, 0.2) is 0 Å². The molecule has 0 saturated heterocycles. The molecule has 2 aromatic carbocycles. The highest BCUT2D eigenvalue weighted by molar-refractivity contribution is 5.99. The van der Waals surface area contributed by atoms with Gasteiger partial charge in [-0.2, -0.15) is 5.10 Å². The summed E-state index contributed by atoms with van der Waals surface area (Å²) < 4.78 is 7.15. The third-order valence-electron chi connectivity index (χ3n) is 4.66. The molecule has 0 unspecified atom stereocenters. The van der Waals surface area contributed by atoms with Gasteiger partial charge in [-0.05, 0) is 31.2 Å². The lowest BCUT2D eigenvalue weighted by atomic mass is 10.1.